The highest BCUT2D eigenvalue weighted by molar-refractivity contribution is 6.29. The second-order valence-electron chi connectivity index (χ2n) is 2.68. The van der Waals surface area contributed by atoms with E-state index in [-0.39, 0.29) is 5.78 Å². The summed E-state index contributed by atoms with van der Waals surface area (Å²) in [5, 5.41) is 0.363. The third-order valence-electron chi connectivity index (χ3n) is 1.55. The third-order valence-corrected chi connectivity index (χ3v) is 1.76. The van der Waals surface area contributed by atoms with E-state index in [0.29, 0.717) is 11.0 Å². The lowest BCUT2D eigenvalue weighted by molar-refractivity contribution is -0.112. The maximum Gasteiger partial charge on any atom is 0.221 e. The summed E-state index contributed by atoms with van der Waals surface area (Å²) in [5.74, 6) is 0.386. The number of aromatic nitrogens is 1. The van der Waals surface area contributed by atoms with Gasteiger partial charge in [-0.15, -0.1) is 0 Å². The Morgan fingerprint density at radius 1 is 1.57 bits per heavy atom. The summed E-state index contributed by atoms with van der Waals surface area (Å²) >= 11 is 5.68. The van der Waals surface area contributed by atoms with E-state index in [1.807, 2.05) is 0 Å². The van der Waals surface area contributed by atoms with Gasteiger partial charge in [0.15, 0.2) is 5.78 Å². The van der Waals surface area contributed by atoms with Crippen LogP contribution in [0.2, 0.25) is 5.15 Å². The first kappa shape index (κ1) is 10.7. The van der Waals surface area contributed by atoms with E-state index < -0.39 is 0 Å². The Kier molecular flexibility index (Phi) is 3.65. The first-order valence-electron chi connectivity index (χ1n) is 4.02. The van der Waals surface area contributed by atoms with Gasteiger partial charge < -0.3 is 4.74 Å². The molecule has 0 aromatic carbocycles. The van der Waals surface area contributed by atoms with Crippen LogP contribution >= 0.6 is 11.6 Å². The van der Waals surface area contributed by atoms with Crippen LogP contribution in [0.25, 0.3) is 6.08 Å². The van der Waals surface area contributed by atoms with E-state index >= 15 is 0 Å². The molecule has 0 aliphatic heterocycles. The number of ether oxygens (including phenoxy) is 1. The highest BCUT2D eigenvalue weighted by atomic mass is 35.5. The maximum atomic E-state index is 10.7. The molecule has 0 radical (unpaired) electrons. The Labute approximate surface area is 87.4 Å². The standard InChI is InChI=1S/C10H10ClNO2/c1-7(13)3-4-8-5-6-9(11)12-10(8)14-2/h3-6H,1-2H3/b4-3+. The first-order valence-corrected chi connectivity index (χ1v) is 4.40. The SMILES string of the molecule is COc1nc(Cl)ccc1/C=C/C(C)=O. The number of ketones is 1. The van der Waals surface area contributed by atoms with Crippen LogP contribution in [0, 0.1) is 0 Å². The van der Waals surface area contributed by atoms with Gasteiger partial charge in [-0.1, -0.05) is 11.6 Å². The topological polar surface area (TPSA) is 39.2 Å². The van der Waals surface area contributed by atoms with Crippen LogP contribution in [0.1, 0.15) is 12.5 Å². The van der Waals surface area contributed by atoms with E-state index in [4.69, 9.17) is 16.3 Å². The average Bonchev–Trinajstić information content (AvgIpc) is 2.15. The molecule has 0 bridgehead atoms. The Hall–Kier alpha value is -1.35. The predicted octanol–water partition coefficient (Wildman–Crippen LogP) is 2.35. The number of allylic oxidation sites excluding steroid dienone is 1. The number of methoxy groups -OCH3 is 1. The molecule has 1 heterocycles. The van der Waals surface area contributed by atoms with E-state index in [2.05, 4.69) is 4.98 Å². The molecule has 1 aromatic rings. The lowest BCUT2D eigenvalue weighted by atomic mass is 10.2. The van der Waals surface area contributed by atoms with Gasteiger partial charge in [0.1, 0.15) is 5.15 Å². The van der Waals surface area contributed by atoms with Gasteiger partial charge in [-0.3, -0.25) is 4.79 Å². The fraction of sp³-hybridized carbons (Fsp3) is 0.200. The highest BCUT2D eigenvalue weighted by Gasteiger charge is 2.01. The molecular weight excluding hydrogens is 202 g/mol. The molecule has 0 fully saturated rings. The summed E-state index contributed by atoms with van der Waals surface area (Å²) in [5.41, 5.74) is 0.729. The molecule has 1 aromatic heterocycles. The zero-order chi connectivity index (χ0) is 10.6. The summed E-state index contributed by atoms with van der Waals surface area (Å²) in [6, 6.07) is 3.39. The lowest BCUT2D eigenvalue weighted by Gasteiger charge is -2.02. The van der Waals surface area contributed by atoms with Crippen molar-refractivity contribution >= 4 is 23.5 Å². The van der Waals surface area contributed by atoms with Gasteiger partial charge in [0.25, 0.3) is 0 Å². The molecule has 0 unspecified atom stereocenters. The minimum atomic E-state index is -0.0259. The van der Waals surface area contributed by atoms with Gasteiger partial charge in [-0.05, 0) is 31.2 Å². The van der Waals surface area contributed by atoms with E-state index in [0.717, 1.165) is 5.56 Å². The molecule has 14 heavy (non-hydrogen) atoms. The van der Waals surface area contributed by atoms with Crippen LogP contribution in [0.3, 0.4) is 0 Å². The van der Waals surface area contributed by atoms with E-state index in [9.17, 15) is 4.79 Å². The summed E-state index contributed by atoms with van der Waals surface area (Å²) in [7, 11) is 1.50. The Morgan fingerprint density at radius 2 is 2.29 bits per heavy atom. The Balaban J connectivity index is 3.02. The fourth-order valence-corrected chi connectivity index (χ4v) is 1.07. The molecule has 0 amide bonds. The van der Waals surface area contributed by atoms with Crippen LogP contribution in [-0.4, -0.2) is 17.9 Å². The molecule has 3 nitrogen and oxygen atoms in total. The van der Waals surface area contributed by atoms with Gasteiger partial charge >= 0.3 is 0 Å². The molecule has 0 spiro atoms. The van der Waals surface area contributed by atoms with Crippen molar-refractivity contribution < 1.29 is 9.53 Å². The minimum Gasteiger partial charge on any atom is -0.481 e. The van der Waals surface area contributed by atoms with E-state index in [1.165, 1.54) is 20.1 Å². The summed E-state index contributed by atoms with van der Waals surface area (Å²) in [4.78, 5) is 14.7. The lowest BCUT2D eigenvalue weighted by Crippen LogP contribution is -1.91. The molecular formula is C10H10ClNO2. The van der Waals surface area contributed by atoms with Crippen LogP contribution in [0.5, 0.6) is 5.88 Å². The largest absolute Gasteiger partial charge is 0.481 e. The number of nitrogens with zero attached hydrogens (tertiary/aromatic N) is 1. The van der Waals surface area contributed by atoms with Crippen molar-refractivity contribution in [3.05, 3.63) is 28.9 Å². The number of carbonyl (C=O) groups excluding carboxylic acids is 1. The van der Waals surface area contributed by atoms with Crippen molar-refractivity contribution in [1.82, 2.24) is 4.98 Å². The zero-order valence-electron chi connectivity index (χ0n) is 7.95. The monoisotopic (exact) mass is 211 g/mol. The summed E-state index contributed by atoms with van der Waals surface area (Å²) < 4.78 is 5.00. The number of carbonyl (C=O) groups is 1. The summed E-state index contributed by atoms with van der Waals surface area (Å²) in [6.07, 6.45) is 3.10. The highest BCUT2D eigenvalue weighted by Crippen LogP contribution is 2.19. The van der Waals surface area contributed by atoms with Crippen LogP contribution in [-0.2, 0) is 4.79 Å². The molecule has 0 aliphatic rings. The first-order chi connectivity index (χ1) is 6.63. The third kappa shape index (κ3) is 2.85. The number of hydrogen-bond acceptors (Lipinski definition) is 3. The number of hydrogen-bond donors (Lipinski definition) is 0. The van der Waals surface area contributed by atoms with Gasteiger partial charge in [0.05, 0.1) is 7.11 Å². The molecule has 74 valence electrons. The van der Waals surface area contributed by atoms with E-state index in [1.54, 1.807) is 18.2 Å². The Morgan fingerprint density at radius 3 is 2.86 bits per heavy atom. The number of pyridine rings is 1. The average molecular weight is 212 g/mol. The van der Waals surface area contributed by atoms with Crippen molar-refractivity contribution in [2.75, 3.05) is 7.11 Å². The van der Waals surface area contributed by atoms with Crippen molar-refractivity contribution in [2.24, 2.45) is 0 Å². The second-order valence-corrected chi connectivity index (χ2v) is 3.06. The van der Waals surface area contributed by atoms with Crippen molar-refractivity contribution in [3.63, 3.8) is 0 Å². The Bertz CT molecular complexity index is 374. The van der Waals surface area contributed by atoms with Gasteiger partial charge in [0, 0.05) is 5.56 Å². The number of halogens is 1. The molecule has 0 N–H and O–H groups in total. The van der Waals surface area contributed by atoms with Crippen molar-refractivity contribution in [3.8, 4) is 5.88 Å². The molecule has 1 rings (SSSR count). The fourth-order valence-electron chi connectivity index (χ4n) is 0.926. The molecule has 0 atom stereocenters. The quantitative estimate of drug-likeness (QED) is 0.569. The van der Waals surface area contributed by atoms with Crippen LogP contribution in [0.4, 0.5) is 0 Å². The smallest absolute Gasteiger partial charge is 0.221 e. The zero-order valence-corrected chi connectivity index (χ0v) is 8.71. The maximum absolute atomic E-state index is 10.7. The van der Waals surface area contributed by atoms with Crippen molar-refractivity contribution in [2.45, 2.75) is 6.92 Å². The summed E-state index contributed by atoms with van der Waals surface area (Å²) in [6.45, 7) is 1.48. The van der Waals surface area contributed by atoms with Gasteiger partial charge in [-0.2, -0.15) is 0 Å². The normalized spacial score (nSPS) is 10.5. The molecule has 0 aliphatic carbocycles. The van der Waals surface area contributed by atoms with Gasteiger partial charge in [-0.25, -0.2) is 4.98 Å². The molecule has 0 saturated carbocycles. The minimum absolute atomic E-state index is 0.0259. The number of rotatable bonds is 3. The predicted molar refractivity (Wildman–Crippen MR) is 55.5 cm³/mol. The second kappa shape index (κ2) is 4.77. The molecule has 0 saturated heterocycles. The van der Waals surface area contributed by atoms with Crippen LogP contribution in [0.15, 0.2) is 18.2 Å². The molecule has 4 heteroatoms. The van der Waals surface area contributed by atoms with Crippen molar-refractivity contribution in [1.29, 1.82) is 0 Å². The van der Waals surface area contributed by atoms with Gasteiger partial charge in [0.2, 0.25) is 5.88 Å². The van der Waals surface area contributed by atoms with Crippen LogP contribution < -0.4 is 4.74 Å².